The minimum absolute atomic E-state index is 0.141. The van der Waals surface area contributed by atoms with E-state index in [1.165, 1.54) is 7.11 Å². The van der Waals surface area contributed by atoms with Gasteiger partial charge >= 0.3 is 5.97 Å². The fraction of sp³-hybridized carbons (Fsp3) is 0.316. The Kier molecular flexibility index (Phi) is 4.42. The molecule has 1 aliphatic rings. The van der Waals surface area contributed by atoms with Crippen molar-refractivity contribution < 1.29 is 19.0 Å². The van der Waals surface area contributed by atoms with Crippen LogP contribution in [0.25, 0.3) is 10.9 Å². The van der Waals surface area contributed by atoms with E-state index in [0.29, 0.717) is 52.4 Å². The van der Waals surface area contributed by atoms with Crippen LogP contribution < -0.4 is 20.6 Å². The van der Waals surface area contributed by atoms with E-state index in [2.05, 4.69) is 15.2 Å². The molecular weight excluding hydrogens is 366 g/mol. The quantitative estimate of drug-likeness (QED) is 0.582. The third-order valence-electron chi connectivity index (χ3n) is 4.87. The van der Waals surface area contributed by atoms with E-state index < -0.39 is 17.4 Å². The maximum atomic E-state index is 12.8. The summed E-state index contributed by atoms with van der Waals surface area (Å²) in [5, 5.41) is 5.94. The second kappa shape index (κ2) is 6.91. The van der Waals surface area contributed by atoms with Crippen molar-refractivity contribution in [2.75, 3.05) is 20.3 Å². The maximum Gasteiger partial charge on any atom is 0.306 e. The molecule has 0 radical (unpaired) electrons. The average Bonchev–Trinajstić information content (AvgIpc) is 3.02. The first-order chi connectivity index (χ1) is 13.5. The summed E-state index contributed by atoms with van der Waals surface area (Å²) < 4.78 is 15.9. The Hall–Kier alpha value is -3.49. The van der Waals surface area contributed by atoms with Crippen LogP contribution in [-0.2, 0) is 9.53 Å². The van der Waals surface area contributed by atoms with Crippen LogP contribution in [0.15, 0.2) is 27.8 Å². The lowest BCUT2D eigenvalue weighted by molar-refractivity contribution is -0.140. The molecule has 3 heterocycles. The number of esters is 1. The highest BCUT2D eigenvalue weighted by atomic mass is 16.6. The molecule has 3 aromatic rings. The van der Waals surface area contributed by atoms with Gasteiger partial charge in [-0.1, -0.05) is 0 Å². The lowest BCUT2D eigenvalue weighted by atomic mass is 9.88. The Morgan fingerprint density at radius 2 is 1.82 bits per heavy atom. The standard InChI is InChI=1S/C19H19N3O6/c1-9-17(19(25)22-21-9)11(7-16(23)26-2)12-5-10-6-14-15(28-4-3-27-14)8-13(10)20-18(12)24/h5-6,8,11H,3-4,7H2,1-2H3,(H,20,24)(H2,21,22,25). The normalized spacial score (nSPS) is 14.1. The summed E-state index contributed by atoms with van der Waals surface area (Å²) in [7, 11) is 1.27. The summed E-state index contributed by atoms with van der Waals surface area (Å²) in [4.78, 5) is 39.9. The molecule has 4 rings (SSSR count). The first-order valence-corrected chi connectivity index (χ1v) is 8.78. The van der Waals surface area contributed by atoms with Gasteiger partial charge in [-0.25, -0.2) is 0 Å². The topological polar surface area (TPSA) is 126 Å². The van der Waals surface area contributed by atoms with E-state index in [1.54, 1.807) is 25.1 Å². The number of hydrogen-bond donors (Lipinski definition) is 3. The second-order valence-electron chi connectivity index (χ2n) is 6.59. The maximum absolute atomic E-state index is 12.8. The molecular formula is C19H19N3O6. The second-order valence-corrected chi connectivity index (χ2v) is 6.59. The number of methoxy groups -OCH3 is 1. The molecule has 0 spiro atoms. The zero-order valence-electron chi connectivity index (χ0n) is 15.4. The number of carbonyl (C=O) groups is 1. The Labute approximate surface area is 158 Å². The molecule has 0 aliphatic carbocycles. The monoisotopic (exact) mass is 385 g/mol. The van der Waals surface area contributed by atoms with E-state index in [0.717, 1.165) is 0 Å². The molecule has 146 valence electrons. The van der Waals surface area contributed by atoms with Gasteiger partial charge < -0.3 is 24.3 Å². The predicted molar refractivity (Wildman–Crippen MR) is 100 cm³/mol. The Balaban J connectivity index is 1.90. The van der Waals surface area contributed by atoms with E-state index in [4.69, 9.17) is 14.2 Å². The van der Waals surface area contributed by atoms with Crippen molar-refractivity contribution in [2.24, 2.45) is 0 Å². The van der Waals surface area contributed by atoms with Gasteiger partial charge in [-0.15, -0.1) is 0 Å². The van der Waals surface area contributed by atoms with Gasteiger partial charge in [-0.3, -0.25) is 19.5 Å². The van der Waals surface area contributed by atoms with Crippen LogP contribution in [0.5, 0.6) is 11.5 Å². The number of hydrogen-bond acceptors (Lipinski definition) is 6. The lowest BCUT2D eigenvalue weighted by Crippen LogP contribution is -2.24. The molecule has 0 saturated carbocycles. The van der Waals surface area contributed by atoms with E-state index in [-0.39, 0.29) is 12.0 Å². The van der Waals surface area contributed by atoms with Crippen molar-refractivity contribution in [2.45, 2.75) is 19.3 Å². The smallest absolute Gasteiger partial charge is 0.306 e. The minimum Gasteiger partial charge on any atom is -0.486 e. The van der Waals surface area contributed by atoms with Crippen molar-refractivity contribution in [1.29, 1.82) is 0 Å². The highest BCUT2D eigenvalue weighted by Crippen LogP contribution is 2.35. The van der Waals surface area contributed by atoms with Crippen LogP contribution in [-0.4, -0.2) is 41.5 Å². The van der Waals surface area contributed by atoms with E-state index >= 15 is 0 Å². The molecule has 3 N–H and O–H groups in total. The van der Waals surface area contributed by atoms with Crippen LogP contribution in [0.4, 0.5) is 0 Å². The Bertz CT molecular complexity index is 1170. The van der Waals surface area contributed by atoms with Crippen LogP contribution in [0.3, 0.4) is 0 Å². The minimum atomic E-state index is -0.760. The van der Waals surface area contributed by atoms with Gasteiger partial charge in [0.25, 0.3) is 11.1 Å². The summed E-state index contributed by atoms with van der Waals surface area (Å²) in [6, 6.07) is 5.15. The molecule has 9 nitrogen and oxygen atoms in total. The molecule has 1 aromatic carbocycles. The van der Waals surface area contributed by atoms with Crippen molar-refractivity contribution in [3.05, 3.63) is 55.7 Å². The molecule has 0 bridgehead atoms. The number of H-pyrrole nitrogens is 3. The summed E-state index contributed by atoms with van der Waals surface area (Å²) in [6.07, 6.45) is -0.141. The summed E-state index contributed by atoms with van der Waals surface area (Å²) >= 11 is 0. The van der Waals surface area contributed by atoms with Crippen LogP contribution in [0.2, 0.25) is 0 Å². The SMILES string of the molecule is COC(=O)CC(c1cc2cc3c(cc2[nH]c1=O)OCCO3)c1c(C)[nH][nH]c1=O. The van der Waals surface area contributed by atoms with Crippen LogP contribution >= 0.6 is 0 Å². The molecule has 1 atom stereocenters. The lowest BCUT2D eigenvalue weighted by Gasteiger charge is -2.19. The number of aromatic amines is 3. The van der Waals surface area contributed by atoms with E-state index in [1.807, 2.05) is 0 Å². The molecule has 0 fully saturated rings. The van der Waals surface area contributed by atoms with Gasteiger partial charge in [0, 0.05) is 34.2 Å². The fourth-order valence-electron chi connectivity index (χ4n) is 3.51. The molecule has 1 aliphatic heterocycles. The van der Waals surface area contributed by atoms with Crippen molar-refractivity contribution >= 4 is 16.9 Å². The first kappa shape index (κ1) is 17.9. The van der Waals surface area contributed by atoms with Gasteiger partial charge in [-0.2, -0.15) is 0 Å². The van der Waals surface area contributed by atoms with Gasteiger partial charge in [0.05, 0.1) is 19.0 Å². The number of aryl methyl sites for hydroxylation is 1. The largest absolute Gasteiger partial charge is 0.486 e. The number of benzene rings is 1. The third kappa shape index (κ3) is 3.04. The highest BCUT2D eigenvalue weighted by Gasteiger charge is 2.27. The van der Waals surface area contributed by atoms with Gasteiger partial charge in [0.15, 0.2) is 11.5 Å². The summed E-state index contributed by atoms with van der Waals surface area (Å²) in [5.41, 5.74) is 0.983. The molecule has 9 heteroatoms. The Morgan fingerprint density at radius 1 is 1.11 bits per heavy atom. The molecule has 28 heavy (non-hydrogen) atoms. The molecule has 0 amide bonds. The molecule has 1 unspecified atom stereocenters. The van der Waals surface area contributed by atoms with Crippen LogP contribution in [0.1, 0.15) is 29.2 Å². The van der Waals surface area contributed by atoms with E-state index in [9.17, 15) is 14.4 Å². The van der Waals surface area contributed by atoms with Crippen molar-refractivity contribution in [3.8, 4) is 11.5 Å². The molecule has 0 saturated heterocycles. The zero-order chi connectivity index (χ0) is 19.8. The zero-order valence-corrected chi connectivity index (χ0v) is 15.4. The predicted octanol–water partition coefficient (Wildman–Crippen LogP) is 1.32. The van der Waals surface area contributed by atoms with Gasteiger partial charge in [0.1, 0.15) is 13.2 Å². The number of nitrogens with one attached hydrogen (secondary N) is 3. The Morgan fingerprint density at radius 3 is 2.46 bits per heavy atom. The number of rotatable bonds is 4. The fourth-order valence-corrected chi connectivity index (χ4v) is 3.51. The number of pyridine rings is 1. The first-order valence-electron chi connectivity index (χ1n) is 8.78. The average molecular weight is 385 g/mol. The van der Waals surface area contributed by atoms with Crippen LogP contribution in [0, 0.1) is 6.92 Å². The van der Waals surface area contributed by atoms with Gasteiger partial charge in [0.2, 0.25) is 0 Å². The molecule has 2 aromatic heterocycles. The number of aromatic nitrogens is 3. The van der Waals surface area contributed by atoms with Crippen molar-refractivity contribution in [3.63, 3.8) is 0 Å². The van der Waals surface area contributed by atoms with Crippen molar-refractivity contribution in [1.82, 2.24) is 15.2 Å². The van der Waals surface area contributed by atoms with Gasteiger partial charge in [-0.05, 0) is 19.1 Å². The number of fused-ring (bicyclic) bond motifs is 2. The summed E-state index contributed by atoms with van der Waals surface area (Å²) in [5.74, 6) is -0.140. The summed E-state index contributed by atoms with van der Waals surface area (Å²) in [6.45, 7) is 2.59. The highest BCUT2D eigenvalue weighted by molar-refractivity contribution is 5.83. The third-order valence-corrected chi connectivity index (χ3v) is 4.87. The number of carbonyl (C=O) groups excluding carboxylic acids is 1. The number of ether oxygens (including phenoxy) is 3.